The van der Waals surface area contributed by atoms with Gasteiger partial charge in [0, 0.05) is 16.1 Å². The van der Waals surface area contributed by atoms with E-state index in [1.165, 1.54) is 6.07 Å². The number of benzene rings is 2. The summed E-state index contributed by atoms with van der Waals surface area (Å²) in [6, 6.07) is 14.8. The van der Waals surface area contributed by atoms with Gasteiger partial charge in [-0.25, -0.2) is 5.43 Å². The highest BCUT2D eigenvalue weighted by molar-refractivity contribution is 6.38. The molecule has 0 aliphatic heterocycles. The summed E-state index contributed by atoms with van der Waals surface area (Å²) in [6.07, 6.45) is 1.08. The van der Waals surface area contributed by atoms with E-state index < -0.39 is 5.91 Å². The lowest BCUT2D eigenvalue weighted by molar-refractivity contribution is 0.0955. The third-order valence-corrected chi connectivity index (χ3v) is 3.09. The molecule has 2 N–H and O–H groups in total. The van der Waals surface area contributed by atoms with Gasteiger partial charge in [-0.3, -0.25) is 4.79 Å². The second-order valence-corrected chi connectivity index (χ2v) is 4.82. The molecule has 23 heavy (non-hydrogen) atoms. The van der Waals surface area contributed by atoms with E-state index >= 15 is 0 Å². The van der Waals surface area contributed by atoms with Crippen LogP contribution in [0.15, 0.2) is 58.8 Å². The number of nitrogens with zero attached hydrogens (tertiary/aromatic N) is 3. The van der Waals surface area contributed by atoms with Crippen molar-refractivity contribution in [3.05, 3.63) is 70.2 Å². The van der Waals surface area contributed by atoms with Crippen LogP contribution in [0.3, 0.4) is 0 Å². The molecule has 2 rings (SSSR count). The monoisotopic (exact) mass is 326 g/mol. The number of oxime groups is 1. The number of nitriles is 1. The van der Waals surface area contributed by atoms with E-state index in [1.807, 2.05) is 6.07 Å². The summed E-state index contributed by atoms with van der Waals surface area (Å²) in [5.74, 6) is -0.454. The summed E-state index contributed by atoms with van der Waals surface area (Å²) in [4.78, 5) is 12.0. The number of halogens is 1. The van der Waals surface area contributed by atoms with Crippen LogP contribution < -0.4 is 5.43 Å². The topological polar surface area (TPSA) is 97.8 Å². The number of carbonyl (C=O) groups excluding carboxylic acids is 1. The molecule has 2 aromatic rings. The van der Waals surface area contributed by atoms with Crippen LogP contribution in [0.5, 0.6) is 0 Å². The summed E-state index contributed by atoms with van der Waals surface area (Å²) >= 11 is 5.83. The molecule has 0 fully saturated rings. The highest BCUT2D eigenvalue weighted by atomic mass is 35.5. The minimum atomic E-state index is -0.454. The van der Waals surface area contributed by atoms with Crippen LogP contribution in [0, 0.1) is 11.3 Å². The maximum absolute atomic E-state index is 12.0. The van der Waals surface area contributed by atoms with Crippen LogP contribution in [0.2, 0.25) is 5.02 Å². The van der Waals surface area contributed by atoms with Gasteiger partial charge in [0.1, 0.15) is 5.71 Å². The fourth-order valence-electron chi connectivity index (χ4n) is 1.74. The fraction of sp³-hybridized carbons (Fsp3) is 0. The lowest BCUT2D eigenvalue weighted by atomic mass is 10.1. The first-order chi connectivity index (χ1) is 11.1. The van der Waals surface area contributed by atoms with Gasteiger partial charge in [0.05, 0.1) is 17.8 Å². The Hall–Kier alpha value is -3.17. The van der Waals surface area contributed by atoms with Crippen molar-refractivity contribution in [2.45, 2.75) is 0 Å². The third-order valence-electron chi connectivity index (χ3n) is 2.85. The molecular weight excluding hydrogens is 316 g/mol. The van der Waals surface area contributed by atoms with Gasteiger partial charge in [0.2, 0.25) is 0 Å². The Labute approximate surface area is 137 Å². The van der Waals surface area contributed by atoms with E-state index in [0.717, 1.165) is 6.21 Å². The molecule has 0 spiro atoms. The molecule has 0 heterocycles. The molecule has 1 amide bonds. The van der Waals surface area contributed by atoms with Crippen LogP contribution in [0.1, 0.15) is 21.5 Å². The van der Waals surface area contributed by atoms with E-state index in [0.29, 0.717) is 21.7 Å². The second kappa shape index (κ2) is 7.73. The largest absolute Gasteiger partial charge is 0.411 e. The first-order valence-electron chi connectivity index (χ1n) is 6.45. The third kappa shape index (κ3) is 4.40. The second-order valence-electron chi connectivity index (χ2n) is 4.38. The van der Waals surface area contributed by atoms with Crippen LogP contribution in [-0.2, 0) is 0 Å². The molecule has 114 valence electrons. The van der Waals surface area contributed by atoms with Gasteiger partial charge in [-0.2, -0.15) is 10.4 Å². The Bertz CT molecular complexity index is 808. The number of nitrogens with one attached hydrogen (secondary N) is 1. The minimum absolute atomic E-state index is 0.229. The number of hydrogen-bond donors (Lipinski definition) is 2. The average molecular weight is 327 g/mol. The highest BCUT2D eigenvalue weighted by Gasteiger charge is 2.07. The number of hydrogen-bond acceptors (Lipinski definition) is 5. The fourth-order valence-corrected chi connectivity index (χ4v) is 1.93. The smallest absolute Gasteiger partial charge is 0.271 e. The molecule has 2 aromatic carbocycles. The minimum Gasteiger partial charge on any atom is -0.411 e. The maximum atomic E-state index is 12.0. The molecule has 0 radical (unpaired) electrons. The number of hydrazone groups is 1. The molecule has 0 unspecified atom stereocenters. The Balaban J connectivity index is 2.21. The molecule has 0 saturated carbocycles. The highest BCUT2D eigenvalue weighted by Crippen LogP contribution is 2.10. The van der Waals surface area contributed by atoms with Crippen molar-refractivity contribution in [3.8, 4) is 6.07 Å². The maximum Gasteiger partial charge on any atom is 0.271 e. The van der Waals surface area contributed by atoms with Gasteiger partial charge >= 0.3 is 0 Å². The predicted molar refractivity (Wildman–Crippen MR) is 86.9 cm³/mol. The SMILES string of the molecule is N#Cc1ccc(C(/C=N/O)=N/NC(=O)c2cccc(Cl)c2)cc1. The summed E-state index contributed by atoms with van der Waals surface area (Å²) in [7, 11) is 0. The van der Waals surface area contributed by atoms with Crippen LogP contribution in [0.25, 0.3) is 0 Å². The standard InChI is InChI=1S/C16H11ClN4O2/c17-14-3-1-2-13(8-14)16(22)21-20-15(10-19-23)12-6-4-11(9-18)5-7-12/h1-8,10,23H,(H,21,22)/b19-10+,20-15+. The molecule has 0 aliphatic rings. The molecule has 0 aromatic heterocycles. The van der Waals surface area contributed by atoms with E-state index in [9.17, 15) is 4.79 Å². The summed E-state index contributed by atoms with van der Waals surface area (Å²) in [5.41, 5.74) is 4.00. The van der Waals surface area contributed by atoms with Gasteiger partial charge in [-0.1, -0.05) is 35.0 Å². The Morgan fingerprint density at radius 3 is 2.57 bits per heavy atom. The van der Waals surface area contributed by atoms with Crippen LogP contribution in [0.4, 0.5) is 0 Å². The lowest BCUT2D eigenvalue weighted by Crippen LogP contribution is -2.20. The summed E-state index contributed by atoms with van der Waals surface area (Å²) in [5, 5.41) is 24.8. The Kier molecular flexibility index (Phi) is 5.45. The van der Waals surface area contributed by atoms with E-state index in [1.54, 1.807) is 42.5 Å². The van der Waals surface area contributed by atoms with Crippen molar-refractivity contribution in [1.29, 1.82) is 5.26 Å². The molecule has 7 heteroatoms. The summed E-state index contributed by atoms with van der Waals surface area (Å²) in [6.45, 7) is 0. The summed E-state index contributed by atoms with van der Waals surface area (Å²) < 4.78 is 0. The van der Waals surface area contributed by atoms with Gasteiger partial charge in [0.15, 0.2) is 0 Å². The predicted octanol–water partition coefficient (Wildman–Crippen LogP) is 2.81. The van der Waals surface area contributed by atoms with Crippen molar-refractivity contribution in [2.75, 3.05) is 0 Å². The van der Waals surface area contributed by atoms with Crippen LogP contribution in [-0.4, -0.2) is 23.0 Å². The quantitative estimate of drug-likeness (QED) is 0.513. The molecule has 0 aliphatic carbocycles. The molecule has 0 atom stereocenters. The Morgan fingerprint density at radius 1 is 1.22 bits per heavy atom. The molecule has 0 saturated heterocycles. The normalized spacial score (nSPS) is 11.2. The first kappa shape index (κ1) is 16.2. The van der Waals surface area contributed by atoms with E-state index in [4.69, 9.17) is 22.1 Å². The molecule has 0 bridgehead atoms. The zero-order chi connectivity index (χ0) is 16.7. The number of carbonyl (C=O) groups is 1. The van der Waals surface area contributed by atoms with E-state index in [2.05, 4.69) is 15.7 Å². The molecule has 6 nitrogen and oxygen atoms in total. The van der Waals surface area contributed by atoms with Crippen molar-refractivity contribution >= 4 is 29.4 Å². The number of amides is 1. The zero-order valence-electron chi connectivity index (χ0n) is 11.8. The number of rotatable bonds is 4. The van der Waals surface area contributed by atoms with Crippen LogP contribution >= 0.6 is 11.6 Å². The van der Waals surface area contributed by atoms with Crippen molar-refractivity contribution in [1.82, 2.24) is 5.43 Å². The zero-order valence-corrected chi connectivity index (χ0v) is 12.5. The van der Waals surface area contributed by atoms with Gasteiger partial charge < -0.3 is 5.21 Å². The van der Waals surface area contributed by atoms with E-state index in [-0.39, 0.29) is 5.71 Å². The molecular formula is C16H11ClN4O2. The van der Waals surface area contributed by atoms with Gasteiger partial charge in [-0.15, -0.1) is 0 Å². The van der Waals surface area contributed by atoms with Gasteiger partial charge in [-0.05, 0) is 30.3 Å². The van der Waals surface area contributed by atoms with Crippen molar-refractivity contribution in [3.63, 3.8) is 0 Å². The van der Waals surface area contributed by atoms with Crippen molar-refractivity contribution in [2.24, 2.45) is 10.3 Å². The Morgan fingerprint density at radius 2 is 1.96 bits per heavy atom. The van der Waals surface area contributed by atoms with Gasteiger partial charge in [0.25, 0.3) is 5.91 Å². The average Bonchev–Trinajstić information content (AvgIpc) is 2.58. The lowest BCUT2D eigenvalue weighted by Gasteiger charge is -2.03. The van der Waals surface area contributed by atoms with Crippen molar-refractivity contribution < 1.29 is 10.0 Å². The first-order valence-corrected chi connectivity index (χ1v) is 6.83.